The SMILES string of the molecule is Cc1ccc(-c2ccc(-c3ccc(C#N)cc3)cc2I)c(I)c1I. The minimum atomic E-state index is 0.689. The molecule has 0 radical (unpaired) electrons. The summed E-state index contributed by atoms with van der Waals surface area (Å²) in [6, 6.07) is 20.8. The number of benzene rings is 3. The summed E-state index contributed by atoms with van der Waals surface area (Å²) in [5, 5.41) is 8.92. The van der Waals surface area contributed by atoms with Gasteiger partial charge in [0.05, 0.1) is 11.6 Å². The molecule has 0 aromatic heterocycles. The van der Waals surface area contributed by atoms with E-state index in [2.05, 4.69) is 111 Å². The fourth-order valence-corrected chi connectivity index (χ4v) is 4.68. The highest BCUT2D eigenvalue weighted by Gasteiger charge is 2.12. The molecule has 0 aliphatic heterocycles. The average Bonchev–Trinajstić information content (AvgIpc) is 2.60. The maximum atomic E-state index is 8.92. The van der Waals surface area contributed by atoms with E-state index in [-0.39, 0.29) is 0 Å². The van der Waals surface area contributed by atoms with Gasteiger partial charge in [-0.15, -0.1) is 0 Å². The van der Waals surface area contributed by atoms with E-state index in [4.69, 9.17) is 5.26 Å². The van der Waals surface area contributed by atoms with Gasteiger partial charge in [0.2, 0.25) is 0 Å². The highest BCUT2D eigenvalue weighted by atomic mass is 127. The molecule has 0 saturated carbocycles. The van der Waals surface area contributed by atoms with Gasteiger partial charge in [0.25, 0.3) is 0 Å². The molecular weight excluding hydrogens is 635 g/mol. The van der Waals surface area contributed by atoms with Crippen LogP contribution in [0.3, 0.4) is 0 Å². The zero-order valence-corrected chi connectivity index (χ0v) is 19.2. The van der Waals surface area contributed by atoms with Crippen molar-refractivity contribution in [3.8, 4) is 28.3 Å². The Morgan fingerprint density at radius 3 is 2.00 bits per heavy atom. The first-order chi connectivity index (χ1) is 11.5. The summed E-state index contributed by atoms with van der Waals surface area (Å²) in [6.45, 7) is 2.15. The number of rotatable bonds is 2. The average molecular weight is 647 g/mol. The summed E-state index contributed by atoms with van der Waals surface area (Å²) in [5.41, 5.74) is 6.84. The summed E-state index contributed by atoms with van der Waals surface area (Å²) >= 11 is 7.27. The van der Waals surface area contributed by atoms with Gasteiger partial charge in [0.15, 0.2) is 0 Å². The van der Waals surface area contributed by atoms with Crippen molar-refractivity contribution < 1.29 is 0 Å². The predicted octanol–water partition coefficient (Wildman–Crippen LogP) is 7.01. The van der Waals surface area contributed by atoms with Gasteiger partial charge < -0.3 is 0 Å². The highest BCUT2D eigenvalue weighted by molar-refractivity contribution is 14.1. The van der Waals surface area contributed by atoms with Crippen LogP contribution in [0.5, 0.6) is 0 Å². The van der Waals surface area contributed by atoms with E-state index in [0.717, 1.165) is 5.56 Å². The monoisotopic (exact) mass is 647 g/mol. The van der Waals surface area contributed by atoms with Gasteiger partial charge in [-0.1, -0.05) is 36.4 Å². The molecule has 0 fully saturated rings. The van der Waals surface area contributed by atoms with Gasteiger partial charge >= 0.3 is 0 Å². The van der Waals surface area contributed by atoms with Crippen molar-refractivity contribution >= 4 is 67.8 Å². The van der Waals surface area contributed by atoms with Crippen molar-refractivity contribution in [3.63, 3.8) is 0 Å². The van der Waals surface area contributed by atoms with Gasteiger partial charge in [0, 0.05) is 10.7 Å². The van der Waals surface area contributed by atoms with Crippen LogP contribution in [0, 0.1) is 29.0 Å². The van der Waals surface area contributed by atoms with Crippen molar-refractivity contribution in [2.24, 2.45) is 0 Å². The highest BCUT2D eigenvalue weighted by Crippen LogP contribution is 2.35. The molecule has 3 aromatic carbocycles. The number of hydrogen-bond acceptors (Lipinski definition) is 1. The topological polar surface area (TPSA) is 23.8 Å². The zero-order valence-electron chi connectivity index (χ0n) is 12.8. The van der Waals surface area contributed by atoms with Crippen molar-refractivity contribution in [1.29, 1.82) is 5.26 Å². The second-order valence-electron chi connectivity index (χ2n) is 5.44. The molecule has 4 heteroatoms. The summed E-state index contributed by atoms with van der Waals surface area (Å²) in [6.07, 6.45) is 0. The third-order valence-corrected chi connectivity index (χ3v) is 8.32. The van der Waals surface area contributed by atoms with Crippen LogP contribution in [0.1, 0.15) is 11.1 Å². The number of nitriles is 1. The minimum absolute atomic E-state index is 0.689. The molecule has 0 amide bonds. The lowest BCUT2D eigenvalue weighted by Crippen LogP contribution is -1.93. The molecular formula is C20H12I3N. The molecule has 1 nitrogen and oxygen atoms in total. The van der Waals surface area contributed by atoms with E-state index in [1.807, 2.05) is 24.3 Å². The van der Waals surface area contributed by atoms with Crippen LogP contribution in [0.15, 0.2) is 54.6 Å². The molecule has 0 atom stereocenters. The molecule has 0 spiro atoms. The minimum Gasteiger partial charge on any atom is -0.192 e. The van der Waals surface area contributed by atoms with Crippen molar-refractivity contribution in [1.82, 2.24) is 0 Å². The van der Waals surface area contributed by atoms with Gasteiger partial charge in [0.1, 0.15) is 0 Å². The maximum Gasteiger partial charge on any atom is 0.0991 e. The first-order valence-corrected chi connectivity index (χ1v) is 10.5. The Bertz CT molecular complexity index is 954. The summed E-state index contributed by atoms with van der Waals surface area (Å²) < 4.78 is 3.85. The van der Waals surface area contributed by atoms with Crippen LogP contribution >= 0.6 is 67.8 Å². The maximum absolute atomic E-state index is 8.92. The van der Waals surface area contributed by atoms with Crippen molar-refractivity contribution in [2.45, 2.75) is 6.92 Å². The fraction of sp³-hybridized carbons (Fsp3) is 0.0500. The normalized spacial score (nSPS) is 10.5. The molecule has 0 aliphatic rings. The smallest absolute Gasteiger partial charge is 0.0991 e. The van der Waals surface area contributed by atoms with Crippen LogP contribution in [-0.4, -0.2) is 0 Å². The summed E-state index contributed by atoms with van der Waals surface area (Å²) in [5.74, 6) is 0. The Morgan fingerprint density at radius 2 is 1.38 bits per heavy atom. The Hall–Kier alpha value is -0.660. The van der Waals surface area contributed by atoms with Crippen LogP contribution < -0.4 is 0 Å². The van der Waals surface area contributed by atoms with E-state index < -0.39 is 0 Å². The Morgan fingerprint density at radius 1 is 0.750 bits per heavy atom. The molecule has 3 aromatic rings. The molecule has 0 aliphatic carbocycles. The van der Waals surface area contributed by atoms with Crippen LogP contribution in [-0.2, 0) is 0 Å². The summed E-state index contributed by atoms with van der Waals surface area (Å²) in [7, 11) is 0. The Labute approximate surface area is 182 Å². The predicted molar refractivity (Wildman–Crippen MR) is 125 cm³/mol. The standard InChI is InChI=1S/C20H12I3N/c1-12-2-8-17(20(23)19(12)22)16-9-7-15(10-18(16)21)14-5-3-13(11-24)4-6-14/h2-10H,1H3. The summed E-state index contributed by atoms with van der Waals surface area (Å²) in [4.78, 5) is 0. The Kier molecular flexibility index (Phi) is 5.82. The first-order valence-electron chi connectivity index (χ1n) is 7.26. The van der Waals surface area contributed by atoms with E-state index in [1.54, 1.807) is 0 Å². The lowest BCUT2D eigenvalue weighted by Gasteiger charge is -2.12. The molecule has 0 saturated heterocycles. The van der Waals surface area contributed by atoms with E-state index in [0.29, 0.717) is 5.56 Å². The lowest BCUT2D eigenvalue weighted by atomic mass is 9.99. The van der Waals surface area contributed by atoms with Crippen LogP contribution in [0.2, 0.25) is 0 Å². The van der Waals surface area contributed by atoms with Crippen molar-refractivity contribution in [3.05, 3.63) is 76.4 Å². The number of halogens is 3. The molecule has 0 bridgehead atoms. The fourth-order valence-electron chi connectivity index (χ4n) is 2.50. The van der Waals surface area contributed by atoms with Gasteiger partial charge in [-0.3, -0.25) is 0 Å². The van der Waals surface area contributed by atoms with E-state index >= 15 is 0 Å². The van der Waals surface area contributed by atoms with Gasteiger partial charge in [-0.25, -0.2) is 0 Å². The van der Waals surface area contributed by atoms with E-state index in [9.17, 15) is 0 Å². The third kappa shape index (κ3) is 3.63. The van der Waals surface area contributed by atoms with E-state index in [1.165, 1.54) is 33.0 Å². The van der Waals surface area contributed by atoms with Crippen molar-refractivity contribution in [2.75, 3.05) is 0 Å². The molecule has 3 rings (SSSR count). The number of nitrogens with zero attached hydrogens (tertiary/aromatic N) is 1. The quantitative estimate of drug-likeness (QED) is 0.275. The second-order valence-corrected chi connectivity index (χ2v) is 8.76. The molecule has 0 N–H and O–H groups in total. The zero-order chi connectivity index (χ0) is 17.3. The lowest BCUT2D eigenvalue weighted by molar-refractivity contribution is 1.39. The largest absolute Gasteiger partial charge is 0.192 e. The number of hydrogen-bond donors (Lipinski definition) is 0. The van der Waals surface area contributed by atoms with Gasteiger partial charge in [-0.2, -0.15) is 5.26 Å². The molecule has 0 heterocycles. The third-order valence-electron chi connectivity index (χ3n) is 3.88. The molecule has 118 valence electrons. The number of aryl methyl sites for hydroxylation is 1. The first kappa shape index (κ1) is 18.1. The van der Waals surface area contributed by atoms with Gasteiger partial charge in [-0.05, 0) is 121 Å². The molecule has 24 heavy (non-hydrogen) atoms. The van der Waals surface area contributed by atoms with Crippen LogP contribution in [0.4, 0.5) is 0 Å². The molecule has 0 unspecified atom stereocenters. The Balaban J connectivity index is 2.04. The van der Waals surface area contributed by atoms with Crippen LogP contribution in [0.25, 0.3) is 22.3 Å². The second kappa shape index (κ2) is 7.70.